The molecule has 0 saturated carbocycles. The maximum Gasteiger partial charge on any atom is 0.238 e. The molecule has 0 aliphatic carbocycles. The highest BCUT2D eigenvalue weighted by molar-refractivity contribution is 7.26. The minimum Gasteiger partial charge on any atom is -0.309 e. The monoisotopic (exact) mass is 767 g/mol. The molecule has 0 unspecified atom stereocenters. The Morgan fingerprint density at radius 3 is 2.00 bits per heavy atom. The first-order valence-electron chi connectivity index (χ1n) is 28.3. The lowest BCUT2D eigenvalue weighted by molar-refractivity contribution is 0.954. The van der Waals surface area contributed by atoms with Gasteiger partial charge in [-0.2, -0.15) is 9.97 Å². The summed E-state index contributed by atoms with van der Waals surface area (Å²) in [6, 6.07) is -0.00355. The van der Waals surface area contributed by atoms with E-state index in [0.29, 0.717) is 5.56 Å². The summed E-state index contributed by atoms with van der Waals surface area (Å²) in [6.45, 7) is 0. The topological polar surface area (TPSA) is 48.5 Å². The molecule has 0 spiro atoms. The average Bonchev–Trinajstić information content (AvgIpc) is 4.35. The van der Waals surface area contributed by atoms with Crippen LogP contribution in [0, 0.1) is 0 Å². The van der Waals surface area contributed by atoms with E-state index in [-0.39, 0.29) is 42.5 Å². The van der Waals surface area contributed by atoms with Crippen LogP contribution in [0.4, 0.5) is 0 Å². The number of nitrogens with zero attached hydrogens (tertiary/aromatic N) is 5. The third-order valence-corrected chi connectivity index (χ3v) is 10.8. The van der Waals surface area contributed by atoms with Crippen molar-refractivity contribution in [2.75, 3.05) is 0 Å². The Labute approximate surface area is 362 Å². The zero-order valence-electron chi connectivity index (χ0n) is 50.8. The van der Waals surface area contributed by atoms with Crippen LogP contribution >= 0.6 is 11.3 Å². The van der Waals surface area contributed by atoms with Gasteiger partial charge in [-0.25, -0.2) is 4.98 Å². The van der Waals surface area contributed by atoms with E-state index in [1.165, 1.54) is 0 Å². The van der Waals surface area contributed by atoms with Gasteiger partial charge in [0.2, 0.25) is 5.95 Å². The fourth-order valence-corrected chi connectivity index (χ4v) is 8.32. The van der Waals surface area contributed by atoms with Crippen LogP contribution in [0.1, 0.15) is 30.2 Å². The summed E-state index contributed by atoms with van der Waals surface area (Å²) in [4.78, 5) is 14.6. The number of thiophene rings is 1. The highest BCUT2D eigenvalue weighted by Gasteiger charge is 2.23. The minimum atomic E-state index is -0.860. The fourth-order valence-electron chi connectivity index (χ4n) is 7.26. The van der Waals surface area contributed by atoms with E-state index in [1.54, 1.807) is 18.2 Å². The quantitative estimate of drug-likeness (QED) is 0.175. The maximum atomic E-state index is 9.92. The molecule has 4 aromatic heterocycles. The fraction of sp³-hybridized carbons (Fsp3) is 0. The molecule has 0 amide bonds. The SMILES string of the molecule is [2H]c1c([2H])c([2H])c(-n2c3c([2H])c([2H])c([2H])c([2H])c3c3c([2H])c([2H])c4c(c5c([2H])c([2H])c([2H])c([2H])c5n4-c4nc(-c5cccc(-c6ccccc6)c5)nc(-c5c([2H])c([2H])c([2H])c6c5sc5c([2H])c([2H])c([2H])c([2H])c56)n4)c32)c([2H])c1[2H]. The van der Waals surface area contributed by atoms with Crippen molar-refractivity contribution in [3.63, 3.8) is 0 Å². The zero-order chi connectivity index (χ0) is 56.6. The van der Waals surface area contributed by atoms with E-state index < -0.39 is 189 Å². The molecule has 0 saturated heterocycles. The highest BCUT2D eigenvalue weighted by Crippen LogP contribution is 2.43. The summed E-state index contributed by atoms with van der Waals surface area (Å²) in [7, 11) is 0. The van der Waals surface area contributed by atoms with E-state index in [1.807, 2.05) is 36.4 Å². The largest absolute Gasteiger partial charge is 0.309 e. The van der Waals surface area contributed by atoms with Crippen molar-refractivity contribution in [1.82, 2.24) is 24.1 Å². The van der Waals surface area contributed by atoms with Crippen molar-refractivity contribution in [2.45, 2.75) is 0 Å². The Morgan fingerprint density at radius 2 is 1.14 bits per heavy atom. The summed E-state index contributed by atoms with van der Waals surface area (Å²) >= 11 is 0.792. The molecule has 0 N–H and O–H groups in total. The van der Waals surface area contributed by atoms with E-state index in [4.69, 9.17) is 32.8 Å². The maximum absolute atomic E-state index is 9.92. The van der Waals surface area contributed by atoms with Crippen molar-refractivity contribution >= 4 is 75.1 Å². The van der Waals surface area contributed by atoms with Gasteiger partial charge in [-0.1, -0.05) is 139 Å². The molecular weight excluding hydrogens is 715 g/mol. The second-order valence-electron chi connectivity index (χ2n) is 12.8. The van der Waals surface area contributed by atoms with Crippen molar-refractivity contribution in [2.24, 2.45) is 0 Å². The van der Waals surface area contributed by atoms with Crippen molar-refractivity contribution in [1.29, 1.82) is 0 Å². The molecule has 4 heterocycles. The van der Waals surface area contributed by atoms with Crippen LogP contribution in [-0.4, -0.2) is 24.1 Å². The first-order chi connectivity index (χ1) is 37.4. The molecule has 8 aromatic carbocycles. The molecule has 0 aliphatic rings. The van der Waals surface area contributed by atoms with Crippen LogP contribution in [0.3, 0.4) is 0 Å². The van der Waals surface area contributed by atoms with Crippen molar-refractivity contribution < 1.29 is 30.2 Å². The van der Waals surface area contributed by atoms with E-state index in [2.05, 4.69) is 0 Å². The summed E-state index contributed by atoms with van der Waals surface area (Å²) in [6.07, 6.45) is 0. The van der Waals surface area contributed by atoms with E-state index >= 15 is 0 Å². The zero-order valence-corrected chi connectivity index (χ0v) is 29.7. The Hall–Kier alpha value is -7.41. The van der Waals surface area contributed by atoms with Gasteiger partial charge < -0.3 is 4.57 Å². The molecule has 0 fully saturated rings. The summed E-state index contributed by atoms with van der Waals surface area (Å²) in [5, 5.41) is -1.82. The Bertz CT molecular complexity index is 4790. The Kier molecular flexibility index (Phi) is 3.78. The number of aromatic nitrogens is 5. The molecule has 5 nitrogen and oxygen atoms in total. The third kappa shape index (κ3) is 4.91. The molecule has 0 atom stereocenters. The first kappa shape index (κ1) is 17.2. The molecule has 6 heteroatoms. The van der Waals surface area contributed by atoms with Crippen LogP contribution in [0.25, 0.3) is 109 Å². The molecule has 0 radical (unpaired) electrons. The van der Waals surface area contributed by atoms with Gasteiger partial charge in [-0.05, 0) is 59.5 Å². The lowest BCUT2D eigenvalue weighted by Crippen LogP contribution is -2.06. The number of rotatable bonds is 5. The summed E-state index contributed by atoms with van der Waals surface area (Å²) < 4.78 is 201. The summed E-state index contributed by atoms with van der Waals surface area (Å²) in [5.41, 5.74) is -1.02. The standard InChI is InChI=1S/C51H31N5S/c1-3-15-32(16-4-1)33-17-13-18-34(31-33)49-52-50(41-25-14-24-39-37-22-9-12-28-45(37)57-48(39)41)54-51(53-49)56-43-27-11-8-23-40(43)46-44(56)30-29-38-36-21-7-10-26-42(36)55(47(38)46)35-19-5-2-6-20-35/h1-31H/i2D,5D,6D,7D,8D,9D,10D,11D,12D,14D,19D,20D,21D,22D,23D,24D,25D,26D,27D,28D,29D,30D. The van der Waals surface area contributed by atoms with Gasteiger partial charge in [0.05, 0.1) is 52.2 Å². The number of hydrogen-bond acceptors (Lipinski definition) is 4. The molecule has 0 aliphatic heterocycles. The number of hydrogen-bond donors (Lipinski definition) is 0. The highest BCUT2D eigenvalue weighted by atomic mass is 32.1. The van der Waals surface area contributed by atoms with Crippen LogP contribution in [0.2, 0.25) is 0 Å². The van der Waals surface area contributed by atoms with Crippen molar-refractivity contribution in [3.05, 3.63) is 188 Å². The van der Waals surface area contributed by atoms with Gasteiger partial charge in [0.1, 0.15) is 0 Å². The van der Waals surface area contributed by atoms with Gasteiger partial charge in [0.15, 0.2) is 11.6 Å². The Morgan fingerprint density at radius 1 is 0.456 bits per heavy atom. The molecule has 12 rings (SSSR count). The second kappa shape index (κ2) is 12.6. The van der Waals surface area contributed by atoms with E-state index in [9.17, 15) is 12.3 Å². The van der Waals surface area contributed by atoms with Gasteiger partial charge in [0, 0.05) is 58.5 Å². The Balaban J connectivity index is 1.34. The van der Waals surface area contributed by atoms with Gasteiger partial charge in [0.25, 0.3) is 0 Å². The minimum absolute atomic E-state index is 0.00216. The number of fused-ring (bicyclic) bond motifs is 10. The molecular formula is C51H31N5S. The number of benzene rings is 8. The summed E-state index contributed by atoms with van der Waals surface area (Å²) in [5.74, 6) is -1.14. The average molecular weight is 768 g/mol. The van der Waals surface area contributed by atoms with Crippen LogP contribution in [0.5, 0.6) is 0 Å². The predicted molar refractivity (Wildman–Crippen MR) is 238 cm³/mol. The first-order valence-corrected chi connectivity index (χ1v) is 18.1. The van der Waals surface area contributed by atoms with Gasteiger partial charge in [-0.15, -0.1) is 11.3 Å². The molecule has 266 valence electrons. The van der Waals surface area contributed by atoms with E-state index in [0.717, 1.165) is 26.0 Å². The lowest BCUT2D eigenvalue weighted by Gasteiger charge is -2.12. The van der Waals surface area contributed by atoms with Crippen LogP contribution in [0.15, 0.2) is 188 Å². The second-order valence-corrected chi connectivity index (χ2v) is 13.8. The van der Waals surface area contributed by atoms with Gasteiger partial charge in [-0.3, -0.25) is 4.57 Å². The third-order valence-electron chi connectivity index (χ3n) is 9.67. The normalized spacial score (nSPS) is 17.3. The van der Waals surface area contributed by atoms with Crippen molar-refractivity contribution in [3.8, 4) is 45.5 Å². The molecule has 0 bridgehead atoms. The van der Waals surface area contributed by atoms with Crippen LogP contribution < -0.4 is 0 Å². The number of para-hydroxylation sites is 3. The van der Waals surface area contributed by atoms with Gasteiger partial charge >= 0.3 is 0 Å². The van der Waals surface area contributed by atoms with Crippen LogP contribution in [-0.2, 0) is 0 Å². The lowest BCUT2D eigenvalue weighted by atomic mass is 10.0. The molecule has 57 heavy (non-hydrogen) atoms. The molecule has 12 aromatic rings. The predicted octanol–water partition coefficient (Wildman–Crippen LogP) is 13.4. The smallest absolute Gasteiger partial charge is 0.238 e.